The standard InChI is InChI=1S/C20H25N5O2S3/c1-3-25(4-2)30(26,27)13-9-10-17(22-11-13)28-12-16-23-19(21)18-14-7-5-6-8-15(14)29-20(18)24-16/h9-11H,3-8,12H2,1-2H3,(H2,21,23,24). The summed E-state index contributed by atoms with van der Waals surface area (Å²) in [4.78, 5) is 16.2. The first-order chi connectivity index (χ1) is 14.4. The van der Waals surface area contributed by atoms with Crippen molar-refractivity contribution in [3.8, 4) is 0 Å². The van der Waals surface area contributed by atoms with Crippen LogP contribution in [0, 0.1) is 0 Å². The van der Waals surface area contributed by atoms with Gasteiger partial charge in [0.05, 0.1) is 16.2 Å². The van der Waals surface area contributed by atoms with Gasteiger partial charge >= 0.3 is 0 Å². The Morgan fingerprint density at radius 3 is 2.63 bits per heavy atom. The van der Waals surface area contributed by atoms with Crippen molar-refractivity contribution < 1.29 is 8.42 Å². The molecular formula is C20H25N5O2S3. The summed E-state index contributed by atoms with van der Waals surface area (Å²) in [5.74, 6) is 1.76. The van der Waals surface area contributed by atoms with Gasteiger partial charge in [-0.1, -0.05) is 25.6 Å². The monoisotopic (exact) mass is 463 g/mol. The molecule has 7 nitrogen and oxygen atoms in total. The molecule has 0 saturated carbocycles. The van der Waals surface area contributed by atoms with Crippen LogP contribution in [0.25, 0.3) is 10.2 Å². The first-order valence-corrected chi connectivity index (χ1v) is 13.3. The van der Waals surface area contributed by atoms with Crippen LogP contribution in [0.2, 0.25) is 0 Å². The van der Waals surface area contributed by atoms with Gasteiger partial charge in [-0.05, 0) is 43.4 Å². The van der Waals surface area contributed by atoms with Gasteiger partial charge in [-0.3, -0.25) is 0 Å². The fourth-order valence-corrected chi connectivity index (χ4v) is 7.14. The van der Waals surface area contributed by atoms with Gasteiger partial charge in [0.1, 0.15) is 21.4 Å². The number of nitrogen functional groups attached to an aromatic ring is 1. The first-order valence-electron chi connectivity index (χ1n) is 10.1. The van der Waals surface area contributed by atoms with Crippen LogP contribution in [-0.2, 0) is 28.6 Å². The highest BCUT2D eigenvalue weighted by Crippen LogP contribution is 2.38. The number of anilines is 1. The number of thiophene rings is 1. The third-order valence-electron chi connectivity index (χ3n) is 5.29. The zero-order valence-corrected chi connectivity index (χ0v) is 19.5. The van der Waals surface area contributed by atoms with Crippen LogP contribution in [0.1, 0.15) is 43.0 Å². The SMILES string of the molecule is CCN(CC)S(=O)(=O)c1ccc(SCc2nc(N)c3c4c(sc3n2)CCCC4)nc1. The highest BCUT2D eigenvalue weighted by Gasteiger charge is 2.22. The highest BCUT2D eigenvalue weighted by molar-refractivity contribution is 7.98. The second kappa shape index (κ2) is 8.78. The molecule has 0 amide bonds. The van der Waals surface area contributed by atoms with E-state index in [9.17, 15) is 8.42 Å². The molecule has 0 aromatic carbocycles. The summed E-state index contributed by atoms with van der Waals surface area (Å²) in [7, 11) is -3.50. The Kier molecular flexibility index (Phi) is 6.29. The molecule has 0 saturated heterocycles. The normalized spacial score (nSPS) is 14.4. The van der Waals surface area contributed by atoms with E-state index < -0.39 is 10.0 Å². The van der Waals surface area contributed by atoms with Gasteiger partial charge < -0.3 is 5.73 Å². The van der Waals surface area contributed by atoms with Gasteiger partial charge in [-0.15, -0.1) is 11.3 Å². The lowest BCUT2D eigenvalue weighted by Gasteiger charge is -2.18. The largest absolute Gasteiger partial charge is 0.383 e. The average molecular weight is 464 g/mol. The Labute approximate surface area is 185 Å². The molecule has 0 bridgehead atoms. The molecule has 1 aliphatic rings. The first kappa shape index (κ1) is 21.5. The van der Waals surface area contributed by atoms with E-state index in [1.54, 1.807) is 23.5 Å². The Morgan fingerprint density at radius 2 is 1.93 bits per heavy atom. The number of nitrogens with zero attached hydrogens (tertiary/aromatic N) is 4. The number of pyridine rings is 1. The summed E-state index contributed by atoms with van der Waals surface area (Å²) in [6, 6.07) is 3.33. The van der Waals surface area contributed by atoms with Crippen LogP contribution < -0.4 is 5.73 Å². The predicted octanol–water partition coefficient (Wildman–Crippen LogP) is 3.87. The number of aromatic nitrogens is 3. The molecule has 0 atom stereocenters. The highest BCUT2D eigenvalue weighted by atomic mass is 32.2. The lowest BCUT2D eigenvalue weighted by Crippen LogP contribution is -2.30. The molecular weight excluding hydrogens is 438 g/mol. The van der Waals surface area contributed by atoms with E-state index in [0.717, 1.165) is 28.1 Å². The molecule has 4 rings (SSSR count). The maximum absolute atomic E-state index is 12.6. The summed E-state index contributed by atoms with van der Waals surface area (Å²) in [5, 5.41) is 1.76. The molecule has 160 valence electrons. The number of fused-ring (bicyclic) bond motifs is 3. The van der Waals surface area contributed by atoms with Gasteiger partial charge in [-0.25, -0.2) is 23.4 Å². The van der Waals surface area contributed by atoms with E-state index in [1.165, 1.54) is 45.5 Å². The van der Waals surface area contributed by atoms with Crippen molar-refractivity contribution in [2.75, 3.05) is 18.8 Å². The van der Waals surface area contributed by atoms with E-state index in [1.807, 2.05) is 13.8 Å². The Balaban J connectivity index is 1.50. The van der Waals surface area contributed by atoms with E-state index in [0.29, 0.717) is 30.5 Å². The zero-order valence-electron chi connectivity index (χ0n) is 17.1. The van der Waals surface area contributed by atoms with Crippen LogP contribution in [-0.4, -0.2) is 40.8 Å². The van der Waals surface area contributed by atoms with Gasteiger partial charge in [0.15, 0.2) is 0 Å². The number of nitrogens with two attached hydrogens (primary N) is 1. The smallest absolute Gasteiger partial charge is 0.244 e. The lowest BCUT2D eigenvalue weighted by molar-refractivity contribution is 0.445. The zero-order chi connectivity index (χ0) is 21.3. The number of thioether (sulfide) groups is 1. The summed E-state index contributed by atoms with van der Waals surface area (Å²) >= 11 is 3.20. The van der Waals surface area contributed by atoms with Crippen molar-refractivity contribution in [1.82, 2.24) is 19.3 Å². The molecule has 3 aromatic rings. The molecule has 2 N–H and O–H groups in total. The molecule has 10 heteroatoms. The van der Waals surface area contributed by atoms with Gasteiger partial charge in [0.2, 0.25) is 10.0 Å². The Bertz CT molecular complexity index is 1160. The topological polar surface area (TPSA) is 102 Å². The molecule has 3 heterocycles. The van der Waals surface area contributed by atoms with Crippen molar-refractivity contribution in [3.63, 3.8) is 0 Å². The van der Waals surface area contributed by atoms with Crippen molar-refractivity contribution in [2.45, 2.75) is 55.2 Å². The van der Waals surface area contributed by atoms with Crippen molar-refractivity contribution in [3.05, 3.63) is 34.6 Å². The number of hydrogen-bond donors (Lipinski definition) is 1. The van der Waals surface area contributed by atoms with Gasteiger partial charge in [-0.2, -0.15) is 4.31 Å². The molecule has 30 heavy (non-hydrogen) atoms. The fourth-order valence-electron chi connectivity index (χ4n) is 3.75. The van der Waals surface area contributed by atoms with Crippen LogP contribution >= 0.6 is 23.1 Å². The minimum Gasteiger partial charge on any atom is -0.383 e. The fraction of sp³-hybridized carbons (Fsp3) is 0.450. The van der Waals surface area contributed by atoms with Gasteiger partial charge in [0, 0.05) is 24.2 Å². The quantitative estimate of drug-likeness (QED) is 0.531. The summed E-state index contributed by atoms with van der Waals surface area (Å²) in [6.07, 6.45) is 6.00. The van der Waals surface area contributed by atoms with E-state index >= 15 is 0 Å². The maximum atomic E-state index is 12.6. The van der Waals surface area contributed by atoms with Crippen molar-refractivity contribution in [1.29, 1.82) is 0 Å². The molecule has 0 radical (unpaired) electrons. The molecule has 0 fully saturated rings. The van der Waals surface area contributed by atoms with Crippen LogP contribution in [0.4, 0.5) is 5.82 Å². The average Bonchev–Trinajstić information content (AvgIpc) is 3.12. The van der Waals surface area contributed by atoms with E-state index in [4.69, 9.17) is 10.7 Å². The van der Waals surface area contributed by atoms with Crippen LogP contribution in [0.5, 0.6) is 0 Å². The van der Waals surface area contributed by atoms with Crippen molar-refractivity contribution in [2.24, 2.45) is 0 Å². The molecule has 0 aliphatic heterocycles. The molecule has 0 spiro atoms. The lowest BCUT2D eigenvalue weighted by atomic mass is 9.97. The predicted molar refractivity (Wildman–Crippen MR) is 122 cm³/mol. The maximum Gasteiger partial charge on any atom is 0.244 e. The molecule has 0 unspecified atom stereocenters. The number of rotatable bonds is 7. The van der Waals surface area contributed by atoms with E-state index in [2.05, 4.69) is 9.97 Å². The van der Waals surface area contributed by atoms with E-state index in [-0.39, 0.29) is 4.90 Å². The molecule has 3 aromatic heterocycles. The summed E-state index contributed by atoms with van der Waals surface area (Å²) < 4.78 is 26.6. The number of hydrogen-bond acceptors (Lipinski definition) is 8. The van der Waals surface area contributed by atoms with Crippen molar-refractivity contribution >= 4 is 49.2 Å². The third-order valence-corrected chi connectivity index (χ3v) is 9.45. The van der Waals surface area contributed by atoms with Gasteiger partial charge in [0.25, 0.3) is 0 Å². The summed E-state index contributed by atoms with van der Waals surface area (Å²) in [5.41, 5.74) is 7.61. The Hall–Kier alpha value is -1.75. The van der Waals surface area contributed by atoms with Crippen LogP contribution in [0.3, 0.4) is 0 Å². The minimum absolute atomic E-state index is 0.210. The second-order valence-corrected chi connectivity index (χ2v) is 11.1. The Morgan fingerprint density at radius 1 is 1.17 bits per heavy atom. The third kappa shape index (κ3) is 4.05. The second-order valence-electron chi connectivity index (χ2n) is 7.13. The number of aryl methyl sites for hydroxylation is 2. The minimum atomic E-state index is -3.50. The molecule has 1 aliphatic carbocycles. The summed E-state index contributed by atoms with van der Waals surface area (Å²) in [6.45, 7) is 4.52. The van der Waals surface area contributed by atoms with Crippen LogP contribution in [0.15, 0.2) is 28.3 Å². The number of sulfonamides is 1.